The van der Waals surface area contributed by atoms with Gasteiger partial charge in [-0.2, -0.15) is 0 Å². The highest BCUT2D eigenvalue weighted by molar-refractivity contribution is 5.83. The second kappa shape index (κ2) is 4.78. The second-order valence-electron chi connectivity index (χ2n) is 4.53. The predicted octanol–water partition coefficient (Wildman–Crippen LogP) is 1.59. The summed E-state index contributed by atoms with van der Waals surface area (Å²) in [4.78, 5) is 13.7. The molecule has 1 saturated heterocycles. The molecule has 0 aromatic heterocycles. The fourth-order valence-corrected chi connectivity index (χ4v) is 1.85. The van der Waals surface area contributed by atoms with Crippen molar-refractivity contribution in [3.05, 3.63) is 0 Å². The molecular weight excluding hydrogens is 176 g/mol. The first-order valence-corrected chi connectivity index (χ1v) is 5.62. The molecule has 82 valence electrons. The molecule has 0 aromatic rings. The van der Waals surface area contributed by atoms with Crippen molar-refractivity contribution in [3.8, 4) is 0 Å². The van der Waals surface area contributed by atoms with E-state index in [4.69, 9.17) is 0 Å². The molecule has 1 aliphatic rings. The number of amides is 1. The first kappa shape index (κ1) is 11.5. The van der Waals surface area contributed by atoms with Crippen LogP contribution in [0, 0.1) is 5.92 Å². The highest BCUT2D eigenvalue weighted by Crippen LogP contribution is 2.15. The normalized spacial score (nSPS) is 27.8. The maximum atomic E-state index is 11.8. The molecule has 0 saturated carbocycles. The Bertz CT molecular complexity index is 203. The zero-order chi connectivity index (χ0) is 10.7. The van der Waals surface area contributed by atoms with Crippen LogP contribution in [-0.4, -0.2) is 29.6 Å². The van der Waals surface area contributed by atoms with Crippen molar-refractivity contribution in [2.24, 2.45) is 5.92 Å². The van der Waals surface area contributed by atoms with E-state index in [9.17, 15) is 4.79 Å². The highest BCUT2D eigenvalue weighted by atomic mass is 16.2. The van der Waals surface area contributed by atoms with Crippen molar-refractivity contribution >= 4 is 5.91 Å². The Kier molecular flexibility index (Phi) is 3.93. The van der Waals surface area contributed by atoms with Gasteiger partial charge in [-0.1, -0.05) is 20.8 Å². The highest BCUT2D eigenvalue weighted by Gasteiger charge is 2.34. The van der Waals surface area contributed by atoms with E-state index in [0.717, 1.165) is 19.4 Å². The van der Waals surface area contributed by atoms with E-state index >= 15 is 0 Å². The van der Waals surface area contributed by atoms with Crippen LogP contribution < -0.4 is 5.32 Å². The van der Waals surface area contributed by atoms with Gasteiger partial charge in [-0.05, 0) is 25.7 Å². The molecule has 0 bridgehead atoms. The first-order chi connectivity index (χ1) is 6.56. The van der Waals surface area contributed by atoms with Crippen LogP contribution in [0.3, 0.4) is 0 Å². The van der Waals surface area contributed by atoms with Gasteiger partial charge in [-0.15, -0.1) is 0 Å². The zero-order valence-corrected chi connectivity index (χ0v) is 9.71. The minimum atomic E-state index is 0.00659. The van der Waals surface area contributed by atoms with Crippen molar-refractivity contribution in [3.63, 3.8) is 0 Å². The molecule has 0 spiro atoms. The van der Waals surface area contributed by atoms with Crippen LogP contribution >= 0.6 is 0 Å². The smallest absolute Gasteiger partial charge is 0.240 e. The summed E-state index contributed by atoms with van der Waals surface area (Å²) in [7, 11) is 0. The third-order valence-corrected chi connectivity index (χ3v) is 2.81. The van der Waals surface area contributed by atoms with Crippen LogP contribution in [0.5, 0.6) is 0 Å². The Balaban J connectivity index is 2.51. The quantitative estimate of drug-likeness (QED) is 0.744. The van der Waals surface area contributed by atoms with Gasteiger partial charge >= 0.3 is 0 Å². The van der Waals surface area contributed by atoms with Crippen molar-refractivity contribution < 1.29 is 4.79 Å². The van der Waals surface area contributed by atoms with E-state index in [1.54, 1.807) is 0 Å². The van der Waals surface area contributed by atoms with Crippen molar-refractivity contribution in [2.45, 2.75) is 52.7 Å². The molecule has 1 amide bonds. The van der Waals surface area contributed by atoms with Gasteiger partial charge in [0.15, 0.2) is 0 Å². The van der Waals surface area contributed by atoms with Crippen LogP contribution in [-0.2, 0) is 4.79 Å². The molecule has 14 heavy (non-hydrogen) atoms. The molecule has 2 atom stereocenters. The van der Waals surface area contributed by atoms with Gasteiger partial charge < -0.3 is 4.90 Å². The van der Waals surface area contributed by atoms with E-state index in [0.29, 0.717) is 5.92 Å². The Morgan fingerprint density at radius 2 is 2.14 bits per heavy atom. The van der Waals surface area contributed by atoms with Gasteiger partial charge in [-0.3, -0.25) is 10.1 Å². The lowest BCUT2D eigenvalue weighted by molar-refractivity contribution is -0.129. The third kappa shape index (κ3) is 2.47. The van der Waals surface area contributed by atoms with Crippen molar-refractivity contribution in [1.29, 1.82) is 0 Å². The number of hydrogen-bond acceptors (Lipinski definition) is 2. The van der Waals surface area contributed by atoms with Crippen molar-refractivity contribution in [2.75, 3.05) is 6.54 Å². The second-order valence-corrected chi connectivity index (χ2v) is 4.53. The molecule has 3 heteroatoms. The number of nitrogens with zero attached hydrogens (tertiary/aromatic N) is 1. The molecule has 1 heterocycles. The van der Waals surface area contributed by atoms with Crippen LogP contribution in [0.25, 0.3) is 0 Å². The number of carbonyl (C=O) groups is 1. The minimum Gasteiger partial charge on any atom is -0.326 e. The topological polar surface area (TPSA) is 32.3 Å². The van der Waals surface area contributed by atoms with Gasteiger partial charge in [0.2, 0.25) is 5.91 Å². The average Bonchev–Trinajstić information content (AvgIpc) is 2.40. The average molecular weight is 198 g/mol. The predicted molar refractivity (Wildman–Crippen MR) is 57.8 cm³/mol. The molecule has 2 unspecified atom stereocenters. The van der Waals surface area contributed by atoms with Crippen LogP contribution in [0.15, 0.2) is 0 Å². The van der Waals surface area contributed by atoms with Crippen LogP contribution in [0.1, 0.15) is 40.5 Å². The molecule has 3 nitrogen and oxygen atoms in total. The summed E-state index contributed by atoms with van der Waals surface area (Å²) in [5.74, 6) is 0.925. The Morgan fingerprint density at radius 1 is 1.50 bits per heavy atom. The lowest BCUT2D eigenvalue weighted by atomic mass is 10.1. The summed E-state index contributed by atoms with van der Waals surface area (Å²) in [6.45, 7) is 9.34. The molecule has 1 aliphatic heterocycles. The van der Waals surface area contributed by atoms with Crippen molar-refractivity contribution in [1.82, 2.24) is 10.2 Å². The summed E-state index contributed by atoms with van der Waals surface area (Å²) < 4.78 is 0. The van der Waals surface area contributed by atoms with Gasteiger partial charge in [0, 0.05) is 6.54 Å². The fourth-order valence-electron chi connectivity index (χ4n) is 1.85. The largest absolute Gasteiger partial charge is 0.326 e. The lowest BCUT2D eigenvalue weighted by Gasteiger charge is -2.23. The molecular formula is C11H22N2O. The van der Waals surface area contributed by atoms with E-state index in [2.05, 4.69) is 26.1 Å². The van der Waals surface area contributed by atoms with E-state index in [-0.39, 0.29) is 18.1 Å². The Labute approximate surface area is 86.9 Å². The minimum absolute atomic E-state index is 0.00659. The summed E-state index contributed by atoms with van der Waals surface area (Å²) in [5, 5.41) is 3.30. The number of nitrogens with one attached hydrogen (secondary N) is 1. The maximum Gasteiger partial charge on any atom is 0.240 e. The number of carbonyl (C=O) groups excluding carboxylic acids is 1. The van der Waals surface area contributed by atoms with E-state index in [1.807, 2.05) is 11.8 Å². The van der Waals surface area contributed by atoms with Gasteiger partial charge in [0.25, 0.3) is 0 Å². The molecule has 1 fully saturated rings. The van der Waals surface area contributed by atoms with Crippen LogP contribution in [0.4, 0.5) is 0 Å². The standard InChI is InChI=1S/C11H22N2O/c1-5-10-12-9(4)11(14)13(10)7-6-8(2)3/h8-10,12H,5-7H2,1-4H3. The van der Waals surface area contributed by atoms with Crippen LogP contribution in [0.2, 0.25) is 0 Å². The number of hydrogen-bond donors (Lipinski definition) is 1. The Hall–Kier alpha value is -0.570. The first-order valence-electron chi connectivity index (χ1n) is 5.62. The molecule has 0 aliphatic carbocycles. The number of rotatable bonds is 4. The lowest BCUT2D eigenvalue weighted by Crippen LogP contribution is -2.37. The summed E-state index contributed by atoms with van der Waals surface area (Å²) >= 11 is 0. The zero-order valence-electron chi connectivity index (χ0n) is 9.71. The fraction of sp³-hybridized carbons (Fsp3) is 0.909. The summed E-state index contributed by atoms with van der Waals surface area (Å²) in [5.41, 5.74) is 0. The SMILES string of the molecule is CCC1NC(C)C(=O)N1CCC(C)C. The molecule has 0 aromatic carbocycles. The van der Waals surface area contributed by atoms with Gasteiger partial charge in [-0.25, -0.2) is 0 Å². The molecule has 1 N–H and O–H groups in total. The Morgan fingerprint density at radius 3 is 2.64 bits per heavy atom. The molecule has 0 radical (unpaired) electrons. The summed E-state index contributed by atoms with van der Waals surface area (Å²) in [6.07, 6.45) is 2.35. The maximum absolute atomic E-state index is 11.8. The summed E-state index contributed by atoms with van der Waals surface area (Å²) in [6, 6.07) is 0.00659. The van der Waals surface area contributed by atoms with E-state index in [1.165, 1.54) is 0 Å². The third-order valence-electron chi connectivity index (χ3n) is 2.81. The van der Waals surface area contributed by atoms with Gasteiger partial charge in [0.05, 0.1) is 12.2 Å². The van der Waals surface area contributed by atoms with Gasteiger partial charge in [0.1, 0.15) is 0 Å². The molecule has 1 rings (SSSR count). The monoisotopic (exact) mass is 198 g/mol. The van der Waals surface area contributed by atoms with E-state index < -0.39 is 0 Å².